The van der Waals surface area contributed by atoms with Crippen LogP contribution in [0.5, 0.6) is 5.88 Å². The van der Waals surface area contributed by atoms with Gasteiger partial charge in [-0.2, -0.15) is 5.10 Å². The standard InChI is InChI=1S/C31H24ClF2N3O4/c32-22-8-6-21(26(34)14-22)17-41-30-3-1-2-27(35-30)18-4-5-20(25(33)13-18)16-37-29(15-23-10-11-40-23)24-12-19(31(38)39)7-9-28(24)36-37/h1-9,12-14,23H,10-11,15-17H2,(H,38,39). The molecule has 1 aliphatic heterocycles. The molecule has 208 valence electrons. The van der Waals surface area contributed by atoms with Crippen molar-refractivity contribution >= 4 is 28.5 Å². The normalized spacial score (nSPS) is 14.7. The van der Waals surface area contributed by atoms with Crippen LogP contribution < -0.4 is 4.74 Å². The molecule has 0 amide bonds. The minimum atomic E-state index is -1.02. The van der Waals surface area contributed by atoms with E-state index in [1.807, 2.05) is 0 Å². The van der Waals surface area contributed by atoms with Gasteiger partial charge in [-0.1, -0.05) is 35.9 Å². The van der Waals surface area contributed by atoms with Crippen molar-refractivity contribution < 1.29 is 28.2 Å². The summed E-state index contributed by atoms with van der Waals surface area (Å²) in [6.45, 7) is 0.813. The van der Waals surface area contributed by atoms with Crippen molar-refractivity contribution in [3.05, 3.63) is 112 Å². The Kier molecular flexibility index (Phi) is 7.38. The van der Waals surface area contributed by atoms with Gasteiger partial charge in [0.05, 0.1) is 29.4 Å². The van der Waals surface area contributed by atoms with E-state index in [1.54, 1.807) is 59.3 Å². The maximum absolute atomic E-state index is 15.4. The van der Waals surface area contributed by atoms with Gasteiger partial charge in [-0.25, -0.2) is 18.6 Å². The van der Waals surface area contributed by atoms with E-state index < -0.39 is 17.6 Å². The molecule has 7 nitrogen and oxygen atoms in total. The predicted molar refractivity (Wildman–Crippen MR) is 149 cm³/mol. The van der Waals surface area contributed by atoms with Crippen LogP contribution in [-0.2, 0) is 24.3 Å². The molecule has 0 radical (unpaired) electrons. The van der Waals surface area contributed by atoms with Crippen LogP contribution in [0, 0.1) is 11.6 Å². The quantitative estimate of drug-likeness (QED) is 0.211. The molecule has 2 aromatic heterocycles. The van der Waals surface area contributed by atoms with Crippen LogP contribution in [0.3, 0.4) is 0 Å². The second-order valence-corrected chi connectivity index (χ2v) is 10.3. The lowest BCUT2D eigenvalue weighted by Gasteiger charge is -2.26. The summed E-state index contributed by atoms with van der Waals surface area (Å²) >= 11 is 5.81. The zero-order valence-corrected chi connectivity index (χ0v) is 22.4. The molecule has 1 aliphatic rings. The maximum atomic E-state index is 15.4. The summed E-state index contributed by atoms with van der Waals surface area (Å²) in [5.74, 6) is -1.65. The Balaban J connectivity index is 1.24. The highest BCUT2D eigenvalue weighted by Crippen LogP contribution is 2.28. The Morgan fingerprint density at radius 3 is 2.59 bits per heavy atom. The molecule has 3 heterocycles. The van der Waals surface area contributed by atoms with E-state index >= 15 is 4.39 Å². The molecule has 41 heavy (non-hydrogen) atoms. The van der Waals surface area contributed by atoms with Crippen LogP contribution in [0.25, 0.3) is 22.2 Å². The summed E-state index contributed by atoms with van der Waals surface area (Å²) in [5.41, 5.74) is 3.42. The molecule has 6 rings (SSSR count). The number of fused-ring (bicyclic) bond motifs is 1. The molecule has 0 saturated carbocycles. The Morgan fingerprint density at radius 2 is 1.85 bits per heavy atom. The summed E-state index contributed by atoms with van der Waals surface area (Å²) in [6, 6.07) is 19.1. The van der Waals surface area contributed by atoms with Gasteiger partial charge in [0.1, 0.15) is 18.2 Å². The Bertz CT molecular complexity index is 1770. The molecule has 1 fully saturated rings. The van der Waals surface area contributed by atoms with E-state index in [-0.39, 0.29) is 30.7 Å². The van der Waals surface area contributed by atoms with E-state index in [9.17, 15) is 14.3 Å². The van der Waals surface area contributed by atoms with Gasteiger partial charge in [-0.05, 0) is 48.9 Å². The monoisotopic (exact) mass is 575 g/mol. The number of carboxylic acid groups (broad SMARTS) is 1. The number of carbonyl (C=O) groups is 1. The fourth-order valence-electron chi connectivity index (χ4n) is 4.77. The van der Waals surface area contributed by atoms with Crippen LogP contribution in [0.2, 0.25) is 5.02 Å². The highest BCUT2D eigenvalue weighted by molar-refractivity contribution is 6.30. The van der Waals surface area contributed by atoms with Gasteiger partial charge in [0, 0.05) is 51.9 Å². The first kappa shape index (κ1) is 26.9. The zero-order valence-electron chi connectivity index (χ0n) is 21.7. The van der Waals surface area contributed by atoms with E-state index in [2.05, 4.69) is 10.1 Å². The molecule has 0 bridgehead atoms. The number of hydrogen-bond acceptors (Lipinski definition) is 5. The number of ether oxygens (including phenoxy) is 2. The lowest BCUT2D eigenvalue weighted by molar-refractivity contribution is -0.0499. The van der Waals surface area contributed by atoms with Crippen molar-refractivity contribution in [3.63, 3.8) is 0 Å². The third kappa shape index (κ3) is 5.77. The first-order valence-corrected chi connectivity index (χ1v) is 13.4. The van der Waals surface area contributed by atoms with Crippen LogP contribution in [0.1, 0.15) is 33.6 Å². The summed E-state index contributed by atoms with van der Waals surface area (Å²) in [4.78, 5) is 16.0. The highest BCUT2D eigenvalue weighted by atomic mass is 35.5. The average molecular weight is 576 g/mol. The second kappa shape index (κ2) is 11.3. The summed E-state index contributed by atoms with van der Waals surface area (Å²) in [7, 11) is 0. The van der Waals surface area contributed by atoms with Crippen molar-refractivity contribution in [2.75, 3.05) is 6.61 Å². The number of hydrogen-bond donors (Lipinski definition) is 1. The number of halogens is 3. The van der Waals surface area contributed by atoms with E-state index in [4.69, 9.17) is 21.1 Å². The molecule has 0 aliphatic carbocycles. The average Bonchev–Trinajstić information content (AvgIpc) is 3.27. The SMILES string of the molecule is O=C(O)c1ccc2nn(Cc3ccc(-c4cccc(OCc5ccc(Cl)cc5F)n4)cc3F)c(CC3CCO3)c2c1. The van der Waals surface area contributed by atoms with Crippen LogP contribution >= 0.6 is 11.6 Å². The predicted octanol–water partition coefficient (Wildman–Crippen LogP) is 6.69. The summed E-state index contributed by atoms with van der Waals surface area (Å²) in [6.07, 6.45) is 1.47. The molecule has 1 N–H and O–H groups in total. The van der Waals surface area contributed by atoms with Crippen molar-refractivity contribution in [1.82, 2.24) is 14.8 Å². The Hall–Kier alpha value is -4.34. The van der Waals surface area contributed by atoms with Crippen molar-refractivity contribution in [2.24, 2.45) is 0 Å². The first-order chi connectivity index (χ1) is 19.8. The van der Waals surface area contributed by atoms with Gasteiger partial charge in [-0.15, -0.1) is 0 Å². The number of aromatic carboxylic acids is 1. The second-order valence-electron chi connectivity index (χ2n) is 9.82. The Morgan fingerprint density at radius 1 is 1.05 bits per heavy atom. The van der Waals surface area contributed by atoms with Gasteiger partial charge >= 0.3 is 5.97 Å². The molecule has 1 saturated heterocycles. The molecule has 1 unspecified atom stereocenters. The lowest BCUT2D eigenvalue weighted by atomic mass is 10.0. The summed E-state index contributed by atoms with van der Waals surface area (Å²) in [5, 5.41) is 15.1. The van der Waals surface area contributed by atoms with Gasteiger partial charge in [0.2, 0.25) is 5.88 Å². The molecule has 0 spiro atoms. The van der Waals surface area contributed by atoms with Crippen molar-refractivity contribution in [1.29, 1.82) is 0 Å². The van der Waals surface area contributed by atoms with Gasteiger partial charge < -0.3 is 14.6 Å². The van der Waals surface area contributed by atoms with Crippen LogP contribution in [-0.4, -0.2) is 38.6 Å². The van der Waals surface area contributed by atoms with Crippen molar-refractivity contribution in [2.45, 2.75) is 32.1 Å². The van der Waals surface area contributed by atoms with Gasteiger partial charge in [0.25, 0.3) is 0 Å². The topological polar surface area (TPSA) is 86.5 Å². The molecular weight excluding hydrogens is 552 g/mol. The maximum Gasteiger partial charge on any atom is 0.335 e. The molecular formula is C31H24ClF2N3O4. The molecule has 3 aromatic carbocycles. The first-order valence-electron chi connectivity index (χ1n) is 13.0. The minimum Gasteiger partial charge on any atom is -0.478 e. The van der Waals surface area contributed by atoms with Gasteiger partial charge in [0.15, 0.2) is 0 Å². The fourth-order valence-corrected chi connectivity index (χ4v) is 4.93. The lowest BCUT2D eigenvalue weighted by Crippen LogP contribution is -2.30. The third-order valence-electron chi connectivity index (χ3n) is 7.09. The minimum absolute atomic E-state index is 0.0195. The number of aromatic nitrogens is 3. The molecule has 5 aromatic rings. The summed E-state index contributed by atoms with van der Waals surface area (Å²) < 4.78 is 42.5. The zero-order chi connectivity index (χ0) is 28.5. The number of benzene rings is 3. The van der Waals surface area contributed by atoms with Gasteiger partial charge in [-0.3, -0.25) is 4.68 Å². The molecule has 1 atom stereocenters. The van der Waals surface area contributed by atoms with Crippen LogP contribution in [0.15, 0.2) is 72.8 Å². The van der Waals surface area contributed by atoms with E-state index in [0.29, 0.717) is 46.0 Å². The smallest absolute Gasteiger partial charge is 0.335 e. The molecule has 10 heteroatoms. The largest absolute Gasteiger partial charge is 0.478 e. The number of nitrogens with zero attached hydrogens (tertiary/aromatic N) is 3. The number of pyridine rings is 1. The van der Waals surface area contributed by atoms with E-state index in [0.717, 1.165) is 17.5 Å². The third-order valence-corrected chi connectivity index (χ3v) is 7.33. The highest BCUT2D eigenvalue weighted by Gasteiger charge is 2.24. The Labute approximate surface area is 238 Å². The number of carboxylic acids is 1. The van der Waals surface area contributed by atoms with Crippen LogP contribution in [0.4, 0.5) is 8.78 Å². The van der Waals surface area contributed by atoms with E-state index in [1.165, 1.54) is 18.2 Å². The van der Waals surface area contributed by atoms with Crippen molar-refractivity contribution in [3.8, 4) is 17.1 Å². The fraction of sp³-hybridized carbons (Fsp3) is 0.194. The number of rotatable bonds is 9.